The molecule has 24 heavy (non-hydrogen) atoms. The minimum atomic E-state index is -0.246. The first kappa shape index (κ1) is 15.7. The van der Waals surface area contributed by atoms with Gasteiger partial charge in [0.15, 0.2) is 0 Å². The Bertz CT molecular complexity index is 719. The van der Waals surface area contributed by atoms with Crippen LogP contribution >= 0.6 is 0 Å². The number of aryl methyl sites for hydroxylation is 1. The number of hydrogen-bond donors (Lipinski definition) is 0. The molecule has 2 saturated carbocycles. The first-order chi connectivity index (χ1) is 11.6. The fourth-order valence-corrected chi connectivity index (χ4v) is 6.04. The van der Waals surface area contributed by atoms with Crippen molar-refractivity contribution in [1.29, 1.82) is 5.26 Å². The van der Waals surface area contributed by atoms with Crippen molar-refractivity contribution >= 4 is 5.97 Å². The molecule has 3 heteroatoms. The highest BCUT2D eigenvalue weighted by molar-refractivity contribution is 5.89. The van der Waals surface area contributed by atoms with Crippen molar-refractivity contribution in [3.8, 4) is 6.07 Å². The molecular formula is C21H25NO2. The number of nitrogens with zero attached hydrogens (tertiary/aromatic N) is 1. The molecule has 5 atom stereocenters. The second-order valence-corrected chi connectivity index (χ2v) is 8.12. The monoisotopic (exact) mass is 323 g/mol. The number of esters is 1. The third-order valence-electron chi connectivity index (χ3n) is 7.30. The minimum Gasteiger partial charge on any atom is -0.465 e. The van der Waals surface area contributed by atoms with Crippen LogP contribution in [0.15, 0.2) is 18.2 Å². The van der Waals surface area contributed by atoms with Crippen LogP contribution in [0.5, 0.6) is 0 Å². The van der Waals surface area contributed by atoms with Crippen molar-refractivity contribution in [2.45, 2.75) is 51.4 Å². The summed E-state index contributed by atoms with van der Waals surface area (Å²) in [7, 11) is 1.44. The van der Waals surface area contributed by atoms with E-state index in [4.69, 9.17) is 4.74 Å². The second kappa shape index (κ2) is 5.62. The largest absolute Gasteiger partial charge is 0.465 e. The van der Waals surface area contributed by atoms with Crippen molar-refractivity contribution in [1.82, 2.24) is 0 Å². The van der Waals surface area contributed by atoms with Crippen molar-refractivity contribution < 1.29 is 9.53 Å². The number of hydrogen-bond acceptors (Lipinski definition) is 3. The second-order valence-electron chi connectivity index (χ2n) is 8.12. The Hall–Kier alpha value is -1.82. The third-order valence-corrected chi connectivity index (χ3v) is 7.30. The predicted octanol–water partition coefficient (Wildman–Crippen LogP) is 4.47. The van der Waals surface area contributed by atoms with Crippen LogP contribution in [-0.4, -0.2) is 13.1 Å². The van der Waals surface area contributed by atoms with Gasteiger partial charge in [0.2, 0.25) is 0 Å². The fraction of sp³-hybridized carbons (Fsp3) is 0.619. The highest BCUT2D eigenvalue weighted by Crippen LogP contribution is 2.62. The molecule has 0 amide bonds. The van der Waals surface area contributed by atoms with Gasteiger partial charge in [0.1, 0.15) is 0 Å². The summed E-state index contributed by atoms with van der Waals surface area (Å²) in [5.74, 6) is 2.00. The number of rotatable bonds is 1. The summed E-state index contributed by atoms with van der Waals surface area (Å²) in [6.45, 7) is 2.37. The maximum Gasteiger partial charge on any atom is 0.337 e. The van der Waals surface area contributed by atoms with Crippen LogP contribution in [0.4, 0.5) is 0 Å². The van der Waals surface area contributed by atoms with E-state index in [0.29, 0.717) is 23.3 Å². The summed E-state index contributed by atoms with van der Waals surface area (Å²) in [6, 6.07) is 8.72. The van der Waals surface area contributed by atoms with Crippen LogP contribution in [0, 0.1) is 34.5 Å². The summed E-state index contributed by atoms with van der Waals surface area (Å²) in [5, 5.41) is 9.54. The summed E-state index contributed by atoms with van der Waals surface area (Å²) >= 11 is 0. The molecule has 1 aromatic rings. The van der Waals surface area contributed by atoms with E-state index in [9.17, 15) is 10.1 Å². The summed E-state index contributed by atoms with van der Waals surface area (Å²) in [5.41, 5.74) is 3.67. The summed E-state index contributed by atoms with van der Waals surface area (Å²) in [4.78, 5) is 11.8. The molecule has 0 N–H and O–H groups in total. The van der Waals surface area contributed by atoms with Gasteiger partial charge < -0.3 is 4.74 Å². The number of carbonyl (C=O) groups is 1. The molecule has 3 nitrogen and oxygen atoms in total. The number of carbonyl (C=O) groups excluding carboxylic acids is 1. The normalized spacial score (nSPS) is 36.9. The van der Waals surface area contributed by atoms with Gasteiger partial charge >= 0.3 is 5.97 Å². The van der Waals surface area contributed by atoms with Gasteiger partial charge in [-0.05, 0) is 85.0 Å². The minimum absolute atomic E-state index is 0.222. The quantitative estimate of drug-likeness (QED) is 0.717. The van der Waals surface area contributed by atoms with Crippen LogP contribution < -0.4 is 0 Å². The van der Waals surface area contributed by atoms with Crippen molar-refractivity contribution in [2.75, 3.05) is 7.11 Å². The zero-order valence-corrected chi connectivity index (χ0v) is 14.5. The molecule has 0 radical (unpaired) electrons. The standard InChI is InChI=1S/C21H25NO2/c1-21-10-9-17-16-6-4-14(20(23)24-2)11-13(16)3-7-18(17)19(21)8-5-15(21)12-22/h4,6,11,15,17-19H,3,5,7-10H2,1-2H3/t15-,17-,18-,19+,21-/m1/s1. The van der Waals surface area contributed by atoms with E-state index in [0.717, 1.165) is 19.3 Å². The molecule has 0 saturated heterocycles. The van der Waals surface area contributed by atoms with E-state index in [-0.39, 0.29) is 17.3 Å². The van der Waals surface area contributed by atoms with Crippen LogP contribution in [0.2, 0.25) is 0 Å². The van der Waals surface area contributed by atoms with Crippen LogP contribution in [0.3, 0.4) is 0 Å². The van der Waals surface area contributed by atoms with E-state index in [2.05, 4.69) is 19.1 Å². The molecule has 0 aliphatic heterocycles. The maximum atomic E-state index is 11.8. The van der Waals surface area contributed by atoms with E-state index < -0.39 is 0 Å². The first-order valence-corrected chi connectivity index (χ1v) is 9.19. The van der Waals surface area contributed by atoms with Crippen LogP contribution in [0.1, 0.15) is 66.4 Å². The Balaban J connectivity index is 1.66. The average molecular weight is 323 g/mol. The molecule has 126 valence electrons. The molecule has 0 aromatic heterocycles. The Labute approximate surface area is 144 Å². The molecule has 0 bridgehead atoms. The Morgan fingerprint density at radius 1 is 1.29 bits per heavy atom. The molecule has 0 heterocycles. The van der Waals surface area contributed by atoms with E-state index in [1.54, 1.807) is 0 Å². The number of ether oxygens (including phenoxy) is 1. The molecule has 0 spiro atoms. The van der Waals surface area contributed by atoms with Crippen LogP contribution in [0.25, 0.3) is 0 Å². The maximum absolute atomic E-state index is 11.8. The number of nitriles is 1. The van der Waals surface area contributed by atoms with Crippen molar-refractivity contribution in [3.63, 3.8) is 0 Å². The fourth-order valence-electron chi connectivity index (χ4n) is 6.04. The zero-order chi connectivity index (χ0) is 16.9. The van der Waals surface area contributed by atoms with E-state index in [1.165, 1.54) is 37.5 Å². The number of benzene rings is 1. The molecule has 3 aliphatic carbocycles. The lowest BCUT2D eigenvalue weighted by Crippen LogP contribution is -2.42. The molecular weight excluding hydrogens is 298 g/mol. The van der Waals surface area contributed by atoms with E-state index in [1.807, 2.05) is 12.1 Å². The molecule has 4 rings (SSSR count). The van der Waals surface area contributed by atoms with Gasteiger partial charge in [0.25, 0.3) is 0 Å². The van der Waals surface area contributed by atoms with Gasteiger partial charge in [0.05, 0.1) is 24.7 Å². The van der Waals surface area contributed by atoms with Gasteiger partial charge in [-0.2, -0.15) is 5.26 Å². The SMILES string of the molecule is COC(=O)c1ccc2c(c1)CC[C@@H]1[C@@H]2CC[C@]2(C)[C@@H](C#N)CC[C@@H]12. The lowest BCUT2D eigenvalue weighted by atomic mass is 9.54. The van der Waals surface area contributed by atoms with Gasteiger partial charge in [0, 0.05) is 0 Å². The smallest absolute Gasteiger partial charge is 0.337 e. The lowest BCUT2D eigenvalue weighted by molar-refractivity contribution is 0.0427. The Morgan fingerprint density at radius 3 is 2.88 bits per heavy atom. The lowest BCUT2D eigenvalue weighted by Gasteiger charge is -2.50. The number of methoxy groups -OCH3 is 1. The molecule has 3 aliphatic rings. The zero-order valence-electron chi connectivity index (χ0n) is 14.5. The topological polar surface area (TPSA) is 50.1 Å². The highest BCUT2D eigenvalue weighted by Gasteiger charge is 2.54. The average Bonchev–Trinajstić information content (AvgIpc) is 2.96. The summed E-state index contributed by atoms with van der Waals surface area (Å²) in [6.07, 6.45) is 6.88. The van der Waals surface area contributed by atoms with E-state index >= 15 is 0 Å². The molecule has 0 unspecified atom stereocenters. The van der Waals surface area contributed by atoms with Gasteiger partial charge in [-0.15, -0.1) is 0 Å². The third kappa shape index (κ3) is 2.12. The highest BCUT2D eigenvalue weighted by atomic mass is 16.5. The number of fused-ring (bicyclic) bond motifs is 5. The van der Waals surface area contributed by atoms with Gasteiger partial charge in [-0.25, -0.2) is 4.79 Å². The first-order valence-electron chi connectivity index (χ1n) is 9.19. The summed E-state index contributed by atoms with van der Waals surface area (Å²) < 4.78 is 4.86. The predicted molar refractivity (Wildman–Crippen MR) is 91.5 cm³/mol. The molecule has 2 fully saturated rings. The Morgan fingerprint density at radius 2 is 2.12 bits per heavy atom. The van der Waals surface area contributed by atoms with Crippen LogP contribution in [-0.2, 0) is 11.2 Å². The Kier molecular flexibility index (Phi) is 3.67. The molecule has 1 aromatic carbocycles. The van der Waals surface area contributed by atoms with Crippen molar-refractivity contribution in [2.24, 2.45) is 23.2 Å². The van der Waals surface area contributed by atoms with Gasteiger partial charge in [-0.3, -0.25) is 0 Å². The van der Waals surface area contributed by atoms with Crippen molar-refractivity contribution in [3.05, 3.63) is 34.9 Å². The van der Waals surface area contributed by atoms with Gasteiger partial charge in [-0.1, -0.05) is 13.0 Å².